The van der Waals surface area contributed by atoms with E-state index in [-0.39, 0.29) is 6.42 Å². The molecule has 0 aromatic rings. The van der Waals surface area contributed by atoms with Crippen LogP contribution in [0.1, 0.15) is 19.3 Å². The second-order valence-electron chi connectivity index (χ2n) is 3.38. The summed E-state index contributed by atoms with van der Waals surface area (Å²) in [6.07, 6.45) is 1.32. The van der Waals surface area contributed by atoms with Crippen LogP contribution in [0, 0.1) is 5.92 Å². The Balaban J connectivity index is 2.86. The van der Waals surface area contributed by atoms with Gasteiger partial charge in [0.2, 0.25) is 0 Å². The van der Waals surface area contributed by atoms with E-state index in [0.717, 1.165) is 0 Å². The van der Waals surface area contributed by atoms with Crippen LogP contribution in [-0.4, -0.2) is 36.9 Å². The SMILES string of the molecule is COC(=O)[C@@H]1CCC[C@]1(O)C(=O)OC. The fourth-order valence-electron chi connectivity index (χ4n) is 1.86. The van der Waals surface area contributed by atoms with Gasteiger partial charge in [0.25, 0.3) is 0 Å². The van der Waals surface area contributed by atoms with Gasteiger partial charge >= 0.3 is 11.9 Å². The average Bonchev–Trinajstić information content (AvgIpc) is 2.59. The maximum absolute atomic E-state index is 11.3. The van der Waals surface area contributed by atoms with E-state index in [4.69, 9.17) is 0 Å². The summed E-state index contributed by atoms with van der Waals surface area (Å²) in [5, 5.41) is 9.95. The van der Waals surface area contributed by atoms with E-state index in [9.17, 15) is 14.7 Å². The molecule has 2 atom stereocenters. The Bertz CT molecular complexity index is 250. The molecule has 1 N–H and O–H groups in total. The first-order valence-electron chi connectivity index (χ1n) is 4.45. The minimum absolute atomic E-state index is 0.249. The zero-order valence-corrected chi connectivity index (χ0v) is 8.28. The van der Waals surface area contributed by atoms with Crippen molar-refractivity contribution in [3.05, 3.63) is 0 Å². The van der Waals surface area contributed by atoms with Crippen LogP contribution in [0.2, 0.25) is 0 Å². The standard InChI is InChI=1S/C9H14O5/c1-13-7(10)6-4-3-5-9(6,12)8(11)14-2/h6,12H,3-5H2,1-2H3/t6-,9+/m0/s1. The van der Waals surface area contributed by atoms with Crippen molar-refractivity contribution >= 4 is 11.9 Å². The molecule has 0 bridgehead atoms. The fraction of sp³-hybridized carbons (Fsp3) is 0.778. The van der Waals surface area contributed by atoms with E-state index in [1.807, 2.05) is 0 Å². The molecule has 1 fully saturated rings. The van der Waals surface area contributed by atoms with Crippen molar-refractivity contribution in [1.29, 1.82) is 0 Å². The van der Waals surface area contributed by atoms with Crippen LogP contribution in [0.5, 0.6) is 0 Å². The molecule has 5 nitrogen and oxygen atoms in total. The van der Waals surface area contributed by atoms with Gasteiger partial charge in [0, 0.05) is 0 Å². The molecular formula is C9H14O5. The lowest BCUT2D eigenvalue weighted by molar-refractivity contribution is -0.174. The molecule has 0 spiro atoms. The number of esters is 2. The Labute approximate surface area is 82.0 Å². The lowest BCUT2D eigenvalue weighted by Gasteiger charge is -2.24. The monoisotopic (exact) mass is 202 g/mol. The van der Waals surface area contributed by atoms with Crippen molar-refractivity contribution in [2.24, 2.45) is 5.92 Å². The highest BCUT2D eigenvalue weighted by Crippen LogP contribution is 2.37. The van der Waals surface area contributed by atoms with E-state index in [0.29, 0.717) is 12.8 Å². The molecule has 1 aliphatic carbocycles. The summed E-state index contributed by atoms with van der Waals surface area (Å²) in [5.41, 5.74) is -1.69. The van der Waals surface area contributed by atoms with Crippen LogP contribution in [-0.2, 0) is 19.1 Å². The van der Waals surface area contributed by atoms with Crippen molar-refractivity contribution in [1.82, 2.24) is 0 Å². The number of hydrogen-bond donors (Lipinski definition) is 1. The summed E-state index contributed by atoms with van der Waals surface area (Å²) in [5.74, 6) is -2.11. The zero-order chi connectivity index (χ0) is 10.8. The Hall–Kier alpha value is -1.10. The van der Waals surface area contributed by atoms with Crippen LogP contribution in [0.25, 0.3) is 0 Å². The van der Waals surface area contributed by atoms with E-state index >= 15 is 0 Å². The number of ether oxygens (including phenoxy) is 2. The second-order valence-corrected chi connectivity index (χ2v) is 3.38. The summed E-state index contributed by atoms with van der Waals surface area (Å²) >= 11 is 0. The van der Waals surface area contributed by atoms with E-state index in [2.05, 4.69) is 9.47 Å². The highest BCUT2D eigenvalue weighted by molar-refractivity contribution is 5.88. The number of rotatable bonds is 2. The van der Waals surface area contributed by atoms with Crippen molar-refractivity contribution in [3.8, 4) is 0 Å². The molecule has 0 radical (unpaired) electrons. The van der Waals surface area contributed by atoms with E-state index in [1.165, 1.54) is 14.2 Å². The molecule has 0 unspecified atom stereocenters. The lowest BCUT2D eigenvalue weighted by Crippen LogP contribution is -2.46. The van der Waals surface area contributed by atoms with Crippen LogP contribution in [0.15, 0.2) is 0 Å². The van der Waals surface area contributed by atoms with Gasteiger partial charge in [-0.15, -0.1) is 0 Å². The van der Waals surface area contributed by atoms with Crippen molar-refractivity contribution in [2.75, 3.05) is 14.2 Å². The smallest absolute Gasteiger partial charge is 0.338 e. The number of aliphatic hydroxyl groups is 1. The maximum atomic E-state index is 11.3. The van der Waals surface area contributed by atoms with E-state index < -0.39 is 23.5 Å². The molecule has 0 heterocycles. The van der Waals surface area contributed by atoms with Gasteiger partial charge in [0.15, 0.2) is 5.60 Å². The molecule has 1 rings (SSSR count). The van der Waals surface area contributed by atoms with Crippen LogP contribution >= 0.6 is 0 Å². The maximum Gasteiger partial charge on any atom is 0.338 e. The molecule has 0 saturated heterocycles. The Morgan fingerprint density at radius 2 is 2.00 bits per heavy atom. The van der Waals surface area contributed by atoms with Gasteiger partial charge in [-0.05, 0) is 19.3 Å². The molecule has 14 heavy (non-hydrogen) atoms. The topological polar surface area (TPSA) is 72.8 Å². The van der Waals surface area contributed by atoms with E-state index in [1.54, 1.807) is 0 Å². The van der Waals surface area contributed by atoms with Crippen LogP contribution in [0.4, 0.5) is 0 Å². The molecule has 0 aromatic carbocycles. The molecule has 0 amide bonds. The third kappa shape index (κ3) is 1.59. The Morgan fingerprint density at radius 1 is 1.36 bits per heavy atom. The van der Waals surface area contributed by atoms with Crippen molar-refractivity contribution < 1.29 is 24.2 Å². The highest BCUT2D eigenvalue weighted by Gasteiger charge is 2.52. The van der Waals surface area contributed by atoms with Gasteiger partial charge in [-0.3, -0.25) is 4.79 Å². The zero-order valence-electron chi connectivity index (χ0n) is 8.28. The molecule has 0 aromatic heterocycles. The number of carbonyl (C=O) groups is 2. The summed E-state index contributed by atoms with van der Waals surface area (Å²) in [4.78, 5) is 22.5. The summed E-state index contributed by atoms with van der Waals surface area (Å²) in [7, 11) is 2.42. The Morgan fingerprint density at radius 3 is 2.50 bits per heavy atom. The van der Waals surface area contributed by atoms with Gasteiger partial charge in [-0.2, -0.15) is 0 Å². The molecular weight excluding hydrogens is 188 g/mol. The molecule has 80 valence electrons. The van der Waals surface area contributed by atoms with Gasteiger partial charge in [-0.1, -0.05) is 0 Å². The molecule has 0 aliphatic heterocycles. The van der Waals surface area contributed by atoms with Gasteiger partial charge < -0.3 is 14.6 Å². The summed E-state index contributed by atoms with van der Waals surface area (Å²) in [6, 6.07) is 0. The van der Waals surface area contributed by atoms with Gasteiger partial charge in [-0.25, -0.2) is 4.79 Å². The van der Waals surface area contributed by atoms with Crippen molar-refractivity contribution in [3.63, 3.8) is 0 Å². The van der Waals surface area contributed by atoms with Gasteiger partial charge in [0.05, 0.1) is 20.1 Å². The minimum atomic E-state index is -1.69. The number of carbonyl (C=O) groups excluding carboxylic acids is 2. The first-order valence-corrected chi connectivity index (χ1v) is 4.45. The third-order valence-corrected chi connectivity index (χ3v) is 2.65. The largest absolute Gasteiger partial charge is 0.469 e. The summed E-state index contributed by atoms with van der Waals surface area (Å²) in [6.45, 7) is 0. The predicted octanol–water partition coefficient (Wildman–Crippen LogP) is -0.136. The van der Waals surface area contributed by atoms with Crippen LogP contribution in [0.3, 0.4) is 0 Å². The first kappa shape index (κ1) is 11.0. The minimum Gasteiger partial charge on any atom is -0.469 e. The number of hydrogen-bond acceptors (Lipinski definition) is 5. The molecule has 1 aliphatic rings. The Kier molecular flexibility index (Phi) is 3.10. The normalized spacial score (nSPS) is 31.2. The van der Waals surface area contributed by atoms with Crippen molar-refractivity contribution in [2.45, 2.75) is 24.9 Å². The lowest BCUT2D eigenvalue weighted by atomic mass is 9.91. The second kappa shape index (κ2) is 3.96. The summed E-state index contributed by atoms with van der Waals surface area (Å²) < 4.78 is 8.98. The number of methoxy groups -OCH3 is 2. The molecule has 5 heteroatoms. The third-order valence-electron chi connectivity index (χ3n) is 2.65. The quantitative estimate of drug-likeness (QED) is 0.631. The fourth-order valence-corrected chi connectivity index (χ4v) is 1.86. The first-order chi connectivity index (χ1) is 6.56. The molecule has 1 saturated carbocycles. The average molecular weight is 202 g/mol. The van der Waals surface area contributed by atoms with Crippen LogP contribution < -0.4 is 0 Å². The van der Waals surface area contributed by atoms with Gasteiger partial charge in [0.1, 0.15) is 0 Å². The highest BCUT2D eigenvalue weighted by atomic mass is 16.5. The predicted molar refractivity (Wildman–Crippen MR) is 46.3 cm³/mol.